The van der Waals surface area contributed by atoms with E-state index in [0.29, 0.717) is 11.5 Å². The van der Waals surface area contributed by atoms with Crippen LogP contribution in [-0.4, -0.2) is 5.91 Å². The molecule has 0 atom stereocenters. The van der Waals surface area contributed by atoms with E-state index in [0.717, 1.165) is 11.3 Å². The molecular weight excluding hydrogens is 307 g/mol. The van der Waals surface area contributed by atoms with Crippen molar-refractivity contribution in [2.75, 3.05) is 11.1 Å². The number of nitrogens with two attached hydrogens (primary N) is 1. The van der Waals surface area contributed by atoms with Crippen LogP contribution in [0.2, 0.25) is 10.0 Å². The van der Waals surface area contributed by atoms with E-state index in [-0.39, 0.29) is 21.6 Å². The standard InChI is InChI=1S/C16H16Cl2N2O/c1-9(2)11-5-3-4-6-14(11)20-16(21)10-7-12(17)15(18)13(19)8-10/h3-9H,19H2,1-2H3,(H,20,21). The summed E-state index contributed by atoms with van der Waals surface area (Å²) in [6.45, 7) is 4.14. The fraction of sp³-hybridized carbons (Fsp3) is 0.188. The Morgan fingerprint density at radius 3 is 2.48 bits per heavy atom. The molecule has 3 nitrogen and oxygen atoms in total. The molecule has 0 aromatic heterocycles. The lowest BCUT2D eigenvalue weighted by molar-refractivity contribution is 0.102. The second-order valence-corrected chi connectivity index (χ2v) is 5.84. The van der Waals surface area contributed by atoms with Gasteiger partial charge < -0.3 is 11.1 Å². The summed E-state index contributed by atoms with van der Waals surface area (Å²) in [6.07, 6.45) is 0. The highest BCUT2D eigenvalue weighted by Gasteiger charge is 2.13. The topological polar surface area (TPSA) is 55.1 Å². The highest BCUT2D eigenvalue weighted by molar-refractivity contribution is 6.44. The van der Waals surface area contributed by atoms with Gasteiger partial charge in [0.05, 0.1) is 15.7 Å². The number of nitrogen functional groups attached to an aromatic ring is 1. The third-order valence-electron chi connectivity index (χ3n) is 3.15. The lowest BCUT2D eigenvalue weighted by atomic mass is 10.0. The zero-order valence-corrected chi connectivity index (χ0v) is 13.3. The molecular formula is C16H16Cl2N2O. The maximum absolute atomic E-state index is 12.3. The molecule has 3 N–H and O–H groups in total. The lowest BCUT2D eigenvalue weighted by Gasteiger charge is -2.14. The Kier molecular flexibility index (Phi) is 4.76. The molecule has 0 aliphatic carbocycles. The molecule has 0 heterocycles. The molecule has 110 valence electrons. The second-order valence-electron chi connectivity index (χ2n) is 5.06. The van der Waals surface area contributed by atoms with Crippen molar-refractivity contribution in [1.29, 1.82) is 0 Å². The molecule has 0 fully saturated rings. The van der Waals surface area contributed by atoms with Gasteiger partial charge in [-0.15, -0.1) is 0 Å². The molecule has 2 aromatic rings. The quantitative estimate of drug-likeness (QED) is 0.785. The fourth-order valence-corrected chi connectivity index (χ4v) is 2.39. The van der Waals surface area contributed by atoms with Crippen LogP contribution in [0.15, 0.2) is 36.4 Å². The summed E-state index contributed by atoms with van der Waals surface area (Å²) in [4.78, 5) is 12.3. The molecule has 1 amide bonds. The summed E-state index contributed by atoms with van der Waals surface area (Å²) in [5.74, 6) is 0.0359. The average molecular weight is 323 g/mol. The smallest absolute Gasteiger partial charge is 0.255 e. The van der Waals surface area contributed by atoms with E-state index in [9.17, 15) is 4.79 Å². The molecule has 0 radical (unpaired) electrons. The highest BCUT2D eigenvalue weighted by Crippen LogP contribution is 2.30. The van der Waals surface area contributed by atoms with E-state index in [2.05, 4.69) is 19.2 Å². The van der Waals surface area contributed by atoms with E-state index in [1.807, 2.05) is 24.3 Å². The first-order valence-corrected chi connectivity index (χ1v) is 7.30. The summed E-state index contributed by atoms with van der Waals surface area (Å²) >= 11 is 11.8. The number of anilines is 2. The molecule has 5 heteroatoms. The van der Waals surface area contributed by atoms with Gasteiger partial charge in [0.2, 0.25) is 0 Å². The number of carbonyl (C=O) groups excluding carboxylic acids is 1. The largest absolute Gasteiger partial charge is 0.397 e. The van der Waals surface area contributed by atoms with Crippen LogP contribution in [0.3, 0.4) is 0 Å². The van der Waals surface area contributed by atoms with Gasteiger partial charge in [0.25, 0.3) is 5.91 Å². The van der Waals surface area contributed by atoms with Crippen LogP contribution in [0.5, 0.6) is 0 Å². The first-order valence-electron chi connectivity index (χ1n) is 6.55. The number of halogens is 2. The number of amides is 1. The maximum atomic E-state index is 12.3. The van der Waals surface area contributed by atoms with Crippen LogP contribution in [0.25, 0.3) is 0 Å². The van der Waals surface area contributed by atoms with Crippen molar-refractivity contribution in [3.8, 4) is 0 Å². The Balaban J connectivity index is 2.31. The Morgan fingerprint density at radius 1 is 1.19 bits per heavy atom. The zero-order valence-electron chi connectivity index (χ0n) is 11.8. The van der Waals surface area contributed by atoms with Gasteiger partial charge in [0.1, 0.15) is 0 Å². The lowest BCUT2D eigenvalue weighted by Crippen LogP contribution is -2.14. The minimum atomic E-state index is -0.270. The molecule has 0 spiro atoms. The van der Waals surface area contributed by atoms with Crippen LogP contribution < -0.4 is 11.1 Å². The van der Waals surface area contributed by atoms with Gasteiger partial charge in [-0.2, -0.15) is 0 Å². The Bertz CT molecular complexity index is 661. The average Bonchev–Trinajstić information content (AvgIpc) is 2.44. The van der Waals surface area contributed by atoms with Gasteiger partial charge in [0, 0.05) is 11.3 Å². The monoisotopic (exact) mass is 322 g/mol. The summed E-state index contributed by atoms with van der Waals surface area (Å²) in [6, 6.07) is 10.7. The first kappa shape index (κ1) is 15.7. The number of hydrogen-bond acceptors (Lipinski definition) is 2. The number of carbonyl (C=O) groups is 1. The van der Waals surface area contributed by atoms with Crippen molar-refractivity contribution in [2.45, 2.75) is 19.8 Å². The minimum Gasteiger partial charge on any atom is -0.397 e. The van der Waals surface area contributed by atoms with Crippen LogP contribution in [0.1, 0.15) is 35.7 Å². The molecule has 0 aliphatic rings. The van der Waals surface area contributed by atoms with Crippen LogP contribution in [-0.2, 0) is 0 Å². The maximum Gasteiger partial charge on any atom is 0.255 e. The Hall–Kier alpha value is -1.71. The molecule has 0 unspecified atom stereocenters. The van der Waals surface area contributed by atoms with Crippen molar-refractivity contribution in [2.24, 2.45) is 0 Å². The van der Waals surface area contributed by atoms with Crippen LogP contribution >= 0.6 is 23.2 Å². The molecule has 0 saturated heterocycles. The van der Waals surface area contributed by atoms with Gasteiger partial charge >= 0.3 is 0 Å². The zero-order chi connectivity index (χ0) is 15.6. The van der Waals surface area contributed by atoms with E-state index in [4.69, 9.17) is 28.9 Å². The van der Waals surface area contributed by atoms with Crippen molar-refractivity contribution in [1.82, 2.24) is 0 Å². The van der Waals surface area contributed by atoms with E-state index < -0.39 is 0 Å². The van der Waals surface area contributed by atoms with Gasteiger partial charge in [-0.25, -0.2) is 0 Å². The van der Waals surface area contributed by atoms with Crippen molar-refractivity contribution < 1.29 is 4.79 Å². The fourth-order valence-electron chi connectivity index (χ4n) is 2.05. The number of para-hydroxylation sites is 1. The summed E-state index contributed by atoms with van der Waals surface area (Å²) in [5.41, 5.74) is 8.24. The Labute approximate surface area is 134 Å². The van der Waals surface area contributed by atoms with Gasteiger partial charge in [-0.1, -0.05) is 55.2 Å². The summed E-state index contributed by atoms with van der Waals surface area (Å²) in [5, 5.41) is 3.41. The normalized spacial score (nSPS) is 10.7. The van der Waals surface area contributed by atoms with Gasteiger partial charge in [-0.05, 0) is 29.7 Å². The third-order valence-corrected chi connectivity index (χ3v) is 3.97. The van der Waals surface area contributed by atoms with Crippen LogP contribution in [0, 0.1) is 0 Å². The molecule has 2 rings (SSSR count). The third kappa shape index (κ3) is 3.49. The van der Waals surface area contributed by atoms with Crippen molar-refractivity contribution in [3.05, 3.63) is 57.6 Å². The van der Waals surface area contributed by atoms with Crippen LogP contribution in [0.4, 0.5) is 11.4 Å². The minimum absolute atomic E-state index is 0.260. The summed E-state index contributed by atoms with van der Waals surface area (Å²) < 4.78 is 0. The van der Waals surface area contributed by atoms with E-state index >= 15 is 0 Å². The van der Waals surface area contributed by atoms with E-state index in [1.54, 1.807) is 0 Å². The number of hydrogen-bond donors (Lipinski definition) is 2. The van der Waals surface area contributed by atoms with Crippen molar-refractivity contribution in [3.63, 3.8) is 0 Å². The predicted molar refractivity (Wildman–Crippen MR) is 89.4 cm³/mol. The highest BCUT2D eigenvalue weighted by atomic mass is 35.5. The number of rotatable bonds is 3. The molecule has 2 aromatic carbocycles. The Morgan fingerprint density at radius 2 is 1.86 bits per heavy atom. The molecule has 0 saturated carbocycles. The van der Waals surface area contributed by atoms with Crippen molar-refractivity contribution >= 4 is 40.5 Å². The molecule has 0 bridgehead atoms. The number of benzene rings is 2. The predicted octanol–water partition coefficient (Wildman–Crippen LogP) is 4.95. The molecule has 0 aliphatic heterocycles. The van der Waals surface area contributed by atoms with Gasteiger partial charge in [0.15, 0.2) is 0 Å². The SMILES string of the molecule is CC(C)c1ccccc1NC(=O)c1cc(N)c(Cl)c(Cl)c1. The summed E-state index contributed by atoms with van der Waals surface area (Å²) in [7, 11) is 0. The second kappa shape index (κ2) is 6.37. The number of nitrogens with one attached hydrogen (secondary N) is 1. The van der Waals surface area contributed by atoms with E-state index in [1.165, 1.54) is 12.1 Å². The van der Waals surface area contributed by atoms with Gasteiger partial charge in [-0.3, -0.25) is 4.79 Å². The molecule has 21 heavy (non-hydrogen) atoms. The first-order chi connectivity index (χ1) is 9.90.